The average molecular weight is 331 g/mol. The van der Waals surface area contributed by atoms with Gasteiger partial charge in [-0.2, -0.15) is 5.10 Å². The Morgan fingerprint density at radius 3 is 2.52 bits per heavy atom. The summed E-state index contributed by atoms with van der Waals surface area (Å²) in [7, 11) is 3.01. The fraction of sp³-hybridized carbons (Fsp3) is 0.357. The van der Waals surface area contributed by atoms with E-state index >= 15 is 0 Å². The van der Waals surface area contributed by atoms with E-state index in [9.17, 15) is 5.11 Å². The molecule has 1 heterocycles. The normalized spacial score (nSPS) is 12.3. The van der Waals surface area contributed by atoms with Gasteiger partial charge in [0.15, 0.2) is 11.5 Å². The van der Waals surface area contributed by atoms with Crippen LogP contribution in [0.3, 0.4) is 0 Å². The van der Waals surface area contributed by atoms with Crippen LogP contribution in [0.15, 0.2) is 18.3 Å². The molecule has 0 radical (unpaired) electrons. The number of rotatable bonds is 5. The van der Waals surface area contributed by atoms with Gasteiger partial charge in [0.1, 0.15) is 6.10 Å². The number of aromatic nitrogens is 2. The molecule has 2 aromatic rings. The number of ether oxygens (including phenoxy) is 2. The predicted molar refractivity (Wildman–Crippen MR) is 81.5 cm³/mol. The van der Waals surface area contributed by atoms with Gasteiger partial charge in [0, 0.05) is 6.54 Å². The number of aliphatic hydroxyl groups excluding tert-OH is 1. The van der Waals surface area contributed by atoms with Crippen LogP contribution in [0.4, 0.5) is 0 Å². The van der Waals surface area contributed by atoms with Crippen LogP contribution in [-0.4, -0.2) is 29.1 Å². The summed E-state index contributed by atoms with van der Waals surface area (Å²) in [5.74, 6) is 0.864. The number of halogens is 2. The molecule has 0 aliphatic rings. The first-order chi connectivity index (χ1) is 10.0. The summed E-state index contributed by atoms with van der Waals surface area (Å²) >= 11 is 12.3. The standard InChI is InChI=1S/C14H16Cl2N2O3/c1-4-18-12(10(16)7-17-18)13(19)8-5-9(15)14(21-3)11(6-8)20-2/h5-7,13,19H,4H2,1-3H3. The van der Waals surface area contributed by atoms with Crippen molar-refractivity contribution in [2.24, 2.45) is 0 Å². The maximum atomic E-state index is 10.6. The van der Waals surface area contributed by atoms with Crippen LogP contribution >= 0.6 is 23.2 Å². The van der Waals surface area contributed by atoms with Gasteiger partial charge in [-0.25, -0.2) is 0 Å². The zero-order valence-electron chi connectivity index (χ0n) is 11.9. The van der Waals surface area contributed by atoms with E-state index < -0.39 is 6.10 Å². The van der Waals surface area contributed by atoms with E-state index in [1.54, 1.807) is 16.8 Å². The van der Waals surface area contributed by atoms with Gasteiger partial charge in [0.2, 0.25) is 0 Å². The summed E-state index contributed by atoms with van der Waals surface area (Å²) in [5.41, 5.74) is 1.07. The number of aryl methyl sites for hydroxylation is 1. The SMILES string of the molecule is CCn1ncc(Cl)c1C(O)c1cc(Cl)c(OC)c(OC)c1. The lowest BCUT2D eigenvalue weighted by molar-refractivity contribution is 0.207. The molecule has 0 bridgehead atoms. The summed E-state index contributed by atoms with van der Waals surface area (Å²) in [5, 5.41) is 15.4. The molecule has 0 aliphatic carbocycles. The van der Waals surface area contributed by atoms with E-state index in [0.29, 0.717) is 39.3 Å². The second-order valence-electron chi connectivity index (χ2n) is 4.33. The summed E-state index contributed by atoms with van der Waals surface area (Å²) in [6.07, 6.45) is 0.545. The zero-order valence-corrected chi connectivity index (χ0v) is 13.4. The van der Waals surface area contributed by atoms with Crippen molar-refractivity contribution in [1.29, 1.82) is 0 Å². The van der Waals surface area contributed by atoms with Crippen LogP contribution in [0.5, 0.6) is 11.5 Å². The minimum atomic E-state index is -0.961. The Labute approximate surface area is 133 Å². The number of nitrogens with zero attached hydrogens (tertiary/aromatic N) is 2. The number of hydrogen-bond acceptors (Lipinski definition) is 4. The smallest absolute Gasteiger partial charge is 0.179 e. The Morgan fingerprint density at radius 1 is 1.24 bits per heavy atom. The Balaban J connectivity index is 2.51. The van der Waals surface area contributed by atoms with Gasteiger partial charge >= 0.3 is 0 Å². The minimum absolute atomic E-state index is 0.351. The molecule has 1 atom stereocenters. The molecule has 7 heteroatoms. The molecule has 0 aliphatic heterocycles. The number of methoxy groups -OCH3 is 2. The highest BCUT2D eigenvalue weighted by Crippen LogP contribution is 2.39. The fourth-order valence-corrected chi connectivity index (χ4v) is 2.69. The summed E-state index contributed by atoms with van der Waals surface area (Å²) in [4.78, 5) is 0. The first-order valence-electron chi connectivity index (χ1n) is 6.34. The first-order valence-corrected chi connectivity index (χ1v) is 7.09. The number of aliphatic hydroxyl groups is 1. The quantitative estimate of drug-likeness (QED) is 0.913. The van der Waals surface area contributed by atoms with Crippen molar-refractivity contribution < 1.29 is 14.6 Å². The van der Waals surface area contributed by atoms with Crippen molar-refractivity contribution in [3.8, 4) is 11.5 Å². The lowest BCUT2D eigenvalue weighted by atomic mass is 10.1. The molecule has 1 aromatic heterocycles. The van der Waals surface area contributed by atoms with E-state index in [0.717, 1.165) is 0 Å². The number of benzene rings is 1. The summed E-state index contributed by atoms with van der Waals surface area (Å²) in [6.45, 7) is 2.52. The van der Waals surface area contributed by atoms with E-state index in [-0.39, 0.29) is 0 Å². The monoisotopic (exact) mass is 330 g/mol. The van der Waals surface area contributed by atoms with Crippen LogP contribution in [0.25, 0.3) is 0 Å². The second kappa shape index (κ2) is 6.56. The van der Waals surface area contributed by atoms with Gasteiger partial charge in [0.05, 0.1) is 36.2 Å². The van der Waals surface area contributed by atoms with E-state index in [1.807, 2.05) is 6.92 Å². The zero-order chi connectivity index (χ0) is 15.6. The van der Waals surface area contributed by atoms with Crippen LogP contribution in [-0.2, 0) is 6.54 Å². The van der Waals surface area contributed by atoms with E-state index in [4.69, 9.17) is 32.7 Å². The Bertz CT molecular complexity index is 643. The molecule has 0 saturated carbocycles. The summed E-state index contributed by atoms with van der Waals surface area (Å²) in [6, 6.07) is 3.29. The van der Waals surface area contributed by atoms with Crippen molar-refractivity contribution in [2.75, 3.05) is 14.2 Å². The highest BCUT2D eigenvalue weighted by molar-refractivity contribution is 6.32. The lowest BCUT2D eigenvalue weighted by Gasteiger charge is -2.17. The third-order valence-electron chi connectivity index (χ3n) is 3.16. The summed E-state index contributed by atoms with van der Waals surface area (Å²) < 4.78 is 12.1. The van der Waals surface area contributed by atoms with Gasteiger partial charge in [-0.1, -0.05) is 23.2 Å². The largest absolute Gasteiger partial charge is 0.493 e. The average Bonchev–Trinajstić information content (AvgIpc) is 2.86. The van der Waals surface area contributed by atoms with Gasteiger partial charge < -0.3 is 14.6 Å². The maximum absolute atomic E-state index is 10.6. The van der Waals surface area contributed by atoms with Gasteiger partial charge in [-0.05, 0) is 24.6 Å². The van der Waals surface area contributed by atoms with Crippen molar-refractivity contribution in [1.82, 2.24) is 9.78 Å². The molecule has 21 heavy (non-hydrogen) atoms. The van der Waals surface area contributed by atoms with Gasteiger partial charge in [0.25, 0.3) is 0 Å². The third kappa shape index (κ3) is 2.95. The number of hydrogen-bond donors (Lipinski definition) is 1. The van der Waals surface area contributed by atoms with Crippen molar-refractivity contribution in [3.63, 3.8) is 0 Å². The predicted octanol–water partition coefficient (Wildman–Crippen LogP) is 3.31. The van der Waals surface area contributed by atoms with Crippen LogP contribution < -0.4 is 9.47 Å². The highest BCUT2D eigenvalue weighted by atomic mass is 35.5. The maximum Gasteiger partial charge on any atom is 0.179 e. The van der Waals surface area contributed by atoms with Gasteiger partial charge in [-0.15, -0.1) is 0 Å². The molecule has 114 valence electrons. The molecule has 1 aromatic carbocycles. The van der Waals surface area contributed by atoms with Crippen LogP contribution in [0, 0.1) is 0 Å². The third-order valence-corrected chi connectivity index (χ3v) is 3.74. The molecule has 5 nitrogen and oxygen atoms in total. The Morgan fingerprint density at radius 2 is 1.95 bits per heavy atom. The molecule has 0 spiro atoms. The van der Waals surface area contributed by atoms with Gasteiger partial charge in [-0.3, -0.25) is 4.68 Å². The fourth-order valence-electron chi connectivity index (χ4n) is 2.15. The van der Waals surface area contributed by atoms with E-state index in [1.165, 1.54) is 20.4 Å². The molecule has 0 amide bonds. The van der Waals surface area contributed by atoms with Crippen molar-refractivity contribution in [3.05, 3.63) is 39.6 Å². The Kier molecular flexibility index (Phi) is 4.98. The molecule has 0 saturated heterocycles. The van der Waals surface area contributed by atoms with E-state index in [2.05, 4.69) is 5.10 Å². The first kappa shape index (κ1) is 15.9. The highest BCUT2D eigenvalue weighted by Gasteiger charge is 2.22. The molecular formula is C14H16Cl2N2O3. The Hall–Kier alpha value is -1.43. The topological polar surface area (TPSA) is 56.5 Å². The second-order valence-corrected chi connectivity index (χ2v) is 5.15. The molecule has 1 unspecified atom stereocenters. The lowest BCUT2D eigenvalue weighted by Crippen LogP contribution is -2.10. The van der Waals surface area contributed by atoms with Crippen LogP contribution in [0.1, 0.15) is 24.3 Å². The van der Waals surface area contributed by atoms with Crippen LogP contribution in [0.2, 0.25) is 10.0 Å². The minimum Gasteiger partial charge on any atom is -0.493 e. The van der Waals surface area contributed by atoms with Crippen molar-refractivity contribution in [2.45, 2.75) is 19.6 Å². The molecule has 2 rings (SSSR count). The molecule has 1 N–H and O–H groups in total. The molecule has 0 fully saturated rings. The molecular weight excluding hydrogens is 315 g/mol. The van der Waals surface area contributed by atoms with Crippen molar-refractivity contribution >= 4 is 23.2 Å².